The molecule has 1 N–H and O–H groups in total. The van der Waals surface area contributed by atoms with Gasteiger partial charge in [0.25, 0.3) is 5.91 Å². The lowest BCUT2D eigenvalue weighted by molar-refractivity contribution is -0.160. The summed E-state index contributed by atoms with van der Waals surface area (Å²) in [5.74, 6) is -1.54. The van der Waals surface area contributed by atoms with E-state index in [0.29, 0.717) is 6.54 Å². The minimum atomic E-state index is -1.34. The van der Waals surface area contributed by atoms with Crippen LogP contribution in [-0.4, -0.2) is 71.4 Å². The predicted octanol–water partition coefficient (Wildman–Crippen LogP) is -0.703. The molecule has 2 amide bonds. The number of ether oxygens (including phenoxy) is 1. The molecule has 0 aromatic heterocycles. The first-order valence-corrected chi connectivity index (χ1v) is 6.31. The molecule has 8 nitrogen and oxygen atoms in total. The Morgan fingerprint density at radius 3 is 2.60 bits per heavy atom. The van der Waals surface area contributed by atoms with Crippen LogP contribution in [0.15, 0.2) is 5.10 Å². The van der Waals surface area contributed by atoms with E-state index in [1.165, 1.54) is 19.1 Å². The molecule has 1 saturated heterocycles. The number of likely N-dealkylation sites (tertiary alicyclic amines) is 1. The van der Waals surface area contributed by atoms with Gasteiger partial charge in [0.2, 0.25) is 5.91 Å². The molecule has 0 aliphatic carbocycles. The van der Waals surface area contributed by atoms with Crippen molar-refractivity contribution in [1.29, 1.82) is 0 Å². The van der Waals surface area contributed by atoms with Gasteiger partial charge >= 0.3 is 5.97 Å². The van der Waals surface area contributed by atoms with Gasteiger partial charge in [-0.1, -0.05) is 0 Å². The molecule has 0 bridgehead atoms. The number of methoxy groups -OCH3 is 1. The molecule has 0 saturated carbocycles. The zero-order valence-electron chi connectivity index (χ0n) is 11.5. The normalized spacial score (nSPS) is 26.7. The summed E-state index contributed by atoms with van der Waals surface area (Å²) in [4.78, 5) is 36.3. The van der Waals surface area contributed by atoms with Crippen LogP contribution in [0.4, 0.5) is 0 Å². The Kier molecular flexibility index (Phi) is 3.76. The number of nitrogens with zero attached hydrogens (tertiary/aromatic N) is 3. The first-order valence-electron chi connectivity index (χ1n) is 6.31. The van der Waals surface area contributed by atoms with Crippen molar-refractivity contribution < 1.29 is 24.2 Å². The van der Waals surface area contributed by atoms with Crippen molar-refractivity contribution in [3.8, 4) is 0 Å². The SMILES string of the molecule is COC1(C(=O)O)CCN(C(=O)C2=NN(C)C(=O)CC2)C1. The van der Waals surface area contributed by atoms with Crippen molar-refractivity contribution in [2.75, 3.05) is 27.2 Å². The van der Waals surface area contributed by atoms with E-state index in [4.69, 9.17) is 4.74 Å². The molecule has 0 aromatic rings. The fourth-order valence-corrected chi connectivity index (χ4v) is 2.39. The molecule has 20 heavy (non-hydrogen) atoms. The Bertz CT molecular complexity index is 489. The van der Waals surface area contributed by atoms with E-state index in [-0.39, 0.29) is 43.3 Å². The maximum atomic E-state index is 12.3. The van der Waals surface area contributed by atoms with E-state index in [2.05, 4.69) is 5.10 Å². The summed E-state index contributed by atoms with van der Waals surface area (Å²) in [5, 5.41) is 14.3. The molecule has 1 unspecified atom stereocenters. The van der Waals surface area contributed by atoms with E-state index in [9.17, 15) is 19.5 Å². The van der Waals surface area contributed by atoms with Gasteiger partial charge in [0, 0.05) is 40.0 Å². The van der Waals surface area contributed by atoms with Gasteiger partial charge in [-0.05, 0) is 0 Å². The number of hydrogen-bond acceptors (Lipinski definition) is 5. The largest absolute Gasteiger partial charge is 0.479 e. The number of carboxylic acids is 1. The van der Waals surface area contributed by atoms with Crippen molar-refractivity contribution in [3.05, 3.63) is 0 Å². The minimum absolute atomic E-state index is 0.00561. The molecule has 2 aliphatic heterocycles. The number of rotatable bonds is 3. The lowest BCUT2D eigenvalue weighted by Crippen LogP contribution is -2.46. The monoisotopic (exact) mass is 283 g/mol. The Morgan fingerprint density at radius 1 is 1.40 bits per heavy atom. The Hall–Kier alpha value is -1.96. The molecule has 0 radical (unpaired) electrons. The molecule has 1 fully saturated rings. The third-order valence-corrected chi connectivity index (χ3v) is 3.75. The highest BCUT2D eigenvalue weighted by atomic mass is 16.5. The second kappa shape index (κ2) is 5.20. The van der Waals surface area contributed by atoms with Crippen LogP contribution in [0.2, 0.25) is 0 Å². The topological polar surface area (TPSA) is 99.5 Å². The molecular weight excluding hydrogens is 266 g/mol. The van der Waals surface area contributed by atoms with Gasteiger partial charge in [-0.3, -0.25) is 9.59 Å². The zero-order chi connectivity index (χ0) is 14.9. The van der Waals surface area contributed by atoms with Gasteiger partial charge in [0.05, 0.1) is 6.54 Å². The second-order valence-corrected chi connectivity index (χ2v) is 4.94. The predicted molar refractivity (Wildman–Crippen MR) is 68.0 cm³/mol. The average Bonchev–Trinajstić information content (AvgIpc) is 2.87. The number of hydrazone groups is 1. The van der Waals surface area contributed by atoms with Crippen molar-refractivity contribution >= 4 is 23.5 Å². The summed E-state index contributed by atoms with van der Waals surface area (Å²) >= 11 is 0. The summed E-state index contributed by atoms with van der Waals surface area (Å²) in [5.41, 5.74) is -1.06. The zero-order valence-corrected chi connectivity index (χ0v) is 11.5. The number of aliphatic carboxylic acids is 1. The summed E-state index contributed by atoms with van der Waals surface area (Å²) < 4.78 is 5.07. The Balaban J connectivity index is 2.11. The molecule has 2 rings (SSSR count). The van der Waals surface area contributed by atoms with Gasteiger partial charge in [-0.2, -0.15) is 5.10 Å². The number of carbonyl (C=O) groups excluding carboxylic acids is 2. The van der Waals surface area contributed by atoms with Crippen LogP contribution < -0.4 is 0 Å². The number of carbonyl (C=O) groups is 3. The molecule has 0 aromatic carbocycles. The first-order chi connectivity index (χ1) is 9.39. The standard InChI is InChI=1S/C12H17N3O5/c1-14-9(16)4-3-8(13-14)10(17)15-6-5-12(7-15,20-2)11(18)19/h3-7H2,1-2H3,(H,18,19). The molecule has 110 valence electrons. The molecule has 1 atom stereocenters. The first kappa shape index (κ1) is 14.4. The van der Waals surface area contributed by atoms with Crippen molar-refractivity contribution in [3.63, 3.8) is 0 Å². The Labute approximate surface area is 116 Å². The van der Waals surface area contributed by atoms with E-state index >= 15 is 0 Å². The second-order valence-electron chi connectivity index (χ2n) is 4.94. The van der Waals surface area contributed by atoms with Crippen molar-refractivity contribution in [2.24, 2.45) is 5.10 Å². The van der Waals surface area contributed by atoms with Gasteiger partial charge in [-0.25, -0.2) is 9.80 Å². The van der Waals surface area contributed by atoms with Gasteiger partial charge in [-0.15, -0.1) is 0 Å². The van der Waals surface area contributed by atoms with Gasteiger partial charge in [0.15, 0.2) is 5.60 Å². The molecule has 2 heterocycles. The molecule has 2 aliphatic rings. The van der Waals surface area contributed by atoms with Crippen LogP contribution in [0.3, 0.4) is 0 Å². The molecule has 0 spiro atoms. The maximum Gasteiger partial charge on any atom is 0.337 e. The molecular formula is C12H17N3O5. The van der Waals surface area contributed by atoms with Gasteiger partial charge in [0.1, 0.15) is 5.71 Å². The maximum absolute atomic E-state index is 12.3. The van der Waals surface area contributed by atoms with Crippen molar-refractivity contribution in [2.45, 2.75) is 24.9 Å². The highest BCUT2D eigenvalue weighted by Gasteiger charge is 2.47. The lowest BCUT2D eigenvalue weighted by Gasteiger charge is -2.25. The fourth-order valence-electron chi connectivity index (χ4n) is 2.39. The number of carboxylic acid groups (broad SMARTS) is 1. The fraction of sp³-hybridized carbons (Fsp3) is 0.667. The van der Waals surface area contributed by atoms with Crippen LogP contribution in [0.5, 0.6) is 0 Å². The lowest BCUT2D eigenvalue weighted by atomic mass is 10.0. The minimum Gasteiger partial charge on any atom is -0.479 e. The highest BCUT2D eigenvalue weighted by molar-refractivity contribution is 6.39. The van der Waals surface area contributed by atoms with Crippen LogP contribution in [0.1, 0.15) is 19.3 Å². The summed E-state index contributed by atoms with van der Waals surface area (Å²) in [7, 11) is 2.82. The average molecular weight is 283 g/mol. The number of hydrogen-bond donors (Lipinski definition) is 1. The van der Waals surface area contributed by atoms with Crippen LogP contribution >= 0.6 is 0 Å². The Morgan fingerprint density at radius 2 is 2.10 bits per heavy atom. The smallest absolute Gasteiger partial charge is 0.337 e. The van der Waals surface area contributed by atoms with E-state index in [1.54, 1.807) is 0 Å². The number of amides is 2. The van der Waals surface area contributed by atoms with E-state index < -0.39 is 11.6 Å². The van der Waals surface area contributed by atoms with Crippen LogP contribution in [0, 0.1) is 0 Å². The summed E-state index contributed by atoms with van der Waals surface area (Å²) in [6.45, 7) is 0.296. The van der Waals surface area contributed by atoms with Crippen LogP contribution in [-0.2, 0) is 19.1 Å². The third-order valence-electron chi connectivity index (χ3n) is 3.75. The summed E-state index contributed by atoms with van der Waals surface area (Å²) in [6, 6.07) is 0. The third kappa shape index (κ3) is 2.38. The van der Waals surface area contributed by atoms with E-state index in [0.717, 1.165) is 5.01 Å². The quantitative estimate of drug-likeness (QED) is 0.738. The van der Waals surface area contributed by atoms with E-state index in [1.807, 2.05) is 0 Å². The summed E-state index contributed by atoms with van der Waals surface area (Å²) in [6.07, 6.45) is 0.765. The molecule has 8 heteroatoms. The van der Waals surface area contributed by atoms with Gasteiger partial charge < -0.3 is 14.7 Å². The van der Waals surface area contributed by atoms with Crippen molar-refractivity contribution in [1.82, 2.24) is 9.91 Å². The highest BCUT2D eigenvalue weighted by Crippen LogP contribution is 2.26. The van der Waals surface area contributed by atoms with Crippen LogP contribution in [0.25, 0.3) is 0 Å².